The van der Waals surface area contributed by atoms with Gasteiger partial charge in [-0.2, -0.15) is 0 Å². The topological polar surface area (TPSA) is 88.3 Å². The molecular formula is C10H18N4O2S2. The van der Waals surface area contributed by atoms with E-state index in [4.69, 9.17) is 5.73 Å². The lowest BCUT2D eigenvalue weighted by atomic mass is 10.1. The molecule has 1 aliphatic heterocycles. The van der Waals surface area contributed by atoms with E-state index in [1.54, 1.807) is 6.92 Å². The molecule has 0 bridgehead atoms. The van der Waals surface area contributed by atoms with Gasteiger partial charge in [0.25, 0.3) is 10.0 Å². The molecular weight excluding hydrogens is 272 g/mol. The van der Waals surface area contributed by atoms with Gasteiger partial charge in [0.1, 0.15) is 0 Å². The van der Waals surface area contributed by atoms with E-state index >= 15 is 0 Å². The van der Waals surface area contributed by atoms with Crippen molar-refractivity contribution in [3.8, 4) is 0 Å². The molecule has 0 spiro atoms. The second-order valence-corrected chi connectivity index (χ2v) is 7.56. The molecule has 2 rings (SSSR count). The number of nitrogen functional groups attached to an aromatic ring is 1. The first kappa shape index (κ1) is 13.7. The van der Waals surface area contributed by atoms with Crippen LogP contribution in [-0.4, -0.2) is 44.5 Å². The maximum Gasteiger partial charge on any atom is 0.252 e. The third-order valence-electron chi connectivity index (χ3n) is 3.06. The Labute approximate surface area is 111 Å². The maximum absolute atomic E-state index is 12.2. The van der Waals surface area contributed by atoms with Gasteiger partial charge in [-0.1, -0.05) is 11.3 Å². The van der Waals surface area contributed by atoms with Gasteiger partial charge in [-0.15, -0.1) is 0 Å². The Hall–Kier alpha value is -0.700. The summed E-state index contributed by atoms with van der Waals surface area (Å²) in [6.07, 6.45) is 1.67. The standard InChI is InChI=1S/C10H18N4O2S2/c1-7-9(17-10(11)12-7)18(15,16)13-8-3-5-14(2)6-4-8/h8,13H,3-6H2,1-2H3,(H2,11,12). The number of nitrogens with one attached hydrogen (secondary N) is 1. The lowest BCUT2D eigenvalue weighted by molar-refractivity contribution is 0.248. The highest BCUT2D eigenvalue weighted by Gasteiger charge is 2.26. The van der Waals surface area contributed by atoms with Crippen LogP contribution in [0.15, 0.2) is 4.21 Å². The summed E-state index contributed by atoms with van der Waals surface area (Å²) in [5.41, 5.74) is 6.01. The van der Waals surface area contributed by atoms with Crippen molar-refractivity contribution in [2.24, 2.45) is 0 Å². The van der Waals surface area contributed by atoms with Gasteiger partial charge >= 0.3 is 0 Å². The summed E-state index contributed by atoms with van der Waals surface area (Å²) < 4.78 is 27.4. The van der Waals surface area contributed by atoms with Crippen LogP contribution < -0.4 is 10.5 Å². The molecule has 1 fully saturated rings. The number of sulfonamides is 1. The minimum absolute atomic E-state index is 0.00826. The molecule has 3 N–H and O–H groups in total. The van der Waals surface area contributed by atoms with Crippen molar-refractivity contribution in [2.75, 3.05) is 25.9 Å². The Bertz CT molecular complexity index is 518. The smallest absolute Gasteiger partial charge is 0.252 e. The van der Waals surface area contributed by atoms with Crippen LogP contribution in [0, 0.1) is 6.92 Å². The van der Waals surface area contributed by atoms with Crippen molar-refractivity contribution < 1.29 is 8.42 Å². The quantitative estimate of drug-likeness (QED) is 0.841. The lowest BCUT2D eigenvalue weighted by Gasteiger charge is -2.29. The number of nitrogens with zero attached hydrogens (tertiary/aromatic N) is 2. The van der Waals surface area contributed by atoms with Crippen LogP contribution >= 0.6 is 11.3 Å². The molecule has 0 aliphatic carbocycles. The number of nitrogens with two attached hydrogens (primary N) is 1. The molecule has 2 heterocycles. The van der Waals surface area contributed by atoms with Crippen LogP contribution in [0.3, 0.4) is 0 Å². The number of piperidine rings is 1. The van der Waals surface area contributed by atoms with E-state index in [1.165, 1.54) is 0 Å². The summed E-state index contributed by atoms with van der Waals surface area (Å²) >= 11 is 1.02. The first-order valence-corrected chi connectivity index (χ1v) is 8.12. The number of hydrogen-bond acceptors (Lipinski definition) is 6. The van der Waals surface area contributed by atoms with Crippen LogP contribution in [0.4, 0.5) is 5.13 Å². The van der Waals surface area contributed by atoms with Crippen molar-refractivity contribution >= 4 is 26.5 Å². The number of anilines is 1. The number of aromatic nitrogens is 1. The van der Waals surface area contributed by atoms with Crippen LogP contribution in [0.1, 0.15) is 18.5 Å². The van der Waals surface area contributed by atoms with E-state index in [-0.39, 0.29) is 15.4 Å². The largest absolute Gasteiger partial charge is 0.375 e. The number of rotatable bonds is 3. The summed E-state index contributed by atoms with van der Waals surface area (Å²) in [6.45, 7) is 3.49. The van der Waals surface area contributed by atoms with Crippen LogP contribution in [0.25, 0.3) is 0 Å². The Morgan fingerprint density at radius 1 is 1.44 bits per heavy atom. The van der Waals surface area contributed by atoms with Crippen molar-refractivity contribution in [3.05, 3.63) is 5.69 Å². The molecule has 0 atom stereocenters. The zero-order valence-corrected chi connectivity index (χ0v) is 12.1. The van der Waals surface area contributed by atoms with E-state index in [1.807, 2.05) is 7.05 Å². The fraction of sp³-hybridized carbons (Fsp3) is 0.700. The van der Waals surface area contributed by atoms with Gasteiger partial charge in [0, 0.05) is 6.04 Å². The molecule has 8 heteroatoms. The van der Waals surface area contributed by atoms with Crippen molar-refractivity contribution in [3.63, 3.8) is 0 Å². The molecule has 0 saturated carbocycles. The molecule has 0 aromatic carbocycles. The molecule has 1 saturated heterocycles. The van der Waals surface area contributed by atoms with Gasteiger partial charge in [-0.3, -0.25) is 0 Å². The van der Waals surface area contributed by atoms with Gasteiger partial charge in [0.05, 0.1) is 5.69 Å². The van der Waals surface area contributed by atoms with Gasteiger partial charge < -0.3 is 10.6 Å². The summed E-state index contributed by atoms with van der Waals surface area (Å²) in [7, 11) is -1.44. The van der Waals surface area contributed by atoms with Gasteiger partial charge in [0.15, 0.2) is 9.34 Å². The van der Waals surface area contributed by atoms with E-state index in [2.05, 4.69) is 14.6 Å². The van der Waals surface area contributed by atoms with E-state index in [0.717, 1.165) is 37.3 Å². The minimum Gasteiger partial charge on any atom is -0.375 e. The Morgan fingerprint density at radius 2 is 2.06 bits per heavy atom. The molecule has 1 aromatic rings. The first-order chi connectivity index (χ1) is 8.38. The molecule has 1 aromatic heterocycles. The Kier molecular flexibility index (Phi) is 3.90. The van der Waals surface area contributed by atoms with Gasteiger partial charge in [-0.05, 0) is 39.9 Å². The van der Waals surface area contributed by atoms with Gasteiger partial charge in [-0.25, -0.2) is 18.1 Å². The zero-order valence-electron chi connectivity index (χ0n) is 10.5. The van der Waals surface area contributed by atoms with Crippen molar-refractivity contribution in [1.82, 2.24) is 14.6 Å². The number of hydrogen-bond donors (Lipinski definition) is 2. The average Bonchev–Trinajstić information content (AvgIpc) is 2.62. The molecule has 6 nitrogen and oxygen atoms in total. The fourth-order valence-corrected chi connectivity index (χ4v) is 4.67. The highest BCUT2D eigenvalue weighted by molar-refractivity contribution is 7.91. The normalized spacial score (nSPS) is 19.2. The van der Waals surface area contributed by atoms with E-state index in [9.17, 15) is 8.42 Å². The summed E-state index contributed by atoms with van der Waals surface area (Å²) in [4.78, 5) is 6.15. The van der Waals surface area contributed by atoms with Crippen molar-refractivity contribution in [2.45, 2.75) is 30.0 Å². The lowest BCUT2D eigenvalue weighted by Crippen LogP contribution is -2.43. The molecule has 0 radical (unpaired) electrons. The fourth-order valence-electron chi connectivity index (χ4n) is 2.05. The third-order valence-corrected chi connectivity index (χ3v) is 6.17. The predicted octanol–water partition coefficient (Wildman–Crippen LogP) is 0.406. The third kappa shape index (κ3) is 3.00. The minimum atomic E-state index is -3.48. The second kappa shape index (κ2) is 5.12. The monoisotopic (exact) mass is 290 g/mol. The highest BCUT2D eigenvalue weighted by atomic mass is 32.2. The zero-order chi connectivity index (χ0) is 13.3. The molecule has 18 heavy (non-hydrogen) atoms. The number of likely N-dealkylation sites (tertiary alicyclic amines) is 1. The first-order valence-electron chi connectivity index (χ1n) is 5.82. The summed E-state index contributed by atoms with van der Waals surface area (Å²) in [6, 6.07) is 0.00826. The predicted molar refractivity (Wildman–Crippen MR) is 72.1 cm³/mol. The number of thiazole rings is 1. The van der Waals surface area contributed by atoms with Crippen molar-refractivity contribution in [1.29, 1.82) is 0 Å². The second-order valence-electron chi connectivity index (χ2n) is 4.62. The van der Waals surface area contributed by atoms with Gasteiger partial charge in [0.2, 0.25) is 0 Å². The number of aryl methyl sites for hydroxylation is 1. The van der Waals surface area contributed by atoms with E-state index in [0.29, 0.717) is 5.69 Å². The Morgan fingerprint density at radius 3 is 2.56 bits per heavy atom. The molecule has 0 amide bonds. The average molecular weight is 290 g/mol. The Balaban J connectivity index is 2.10. The van der Waals surface area contributed by atoms with Crippen LogP contribution in [-0.2, 0) is 10.0 Å². The maximum atomic E-state index is 12.2. The molecule has 0 unspecified atom stereocenters. The van der Waals surface area contributed by atoms with Crippen LogP contribution in [0.5, 0.6) is 0 Å². The molecule has 1 aliphatic rings. The highest BCUT2D eigenvalue weighted by Crippen LogP contribution is 2.25. The van der Waals surface area contributed by atoms with E-state index < -0.39 is 10.0 Å². The molecule has 102 valence electrons. The summed E-state index contributed by atoms with van der Waals surface area (Å²) in [5, 5.41) is 0.288. The SMILES string of the molecule is Cc1nc(N)sc1S(=O)(=O)NC1CCN(C)CC1. The summed E-state index contributed by atoms with van der Waals surface area (Å²) in [5.74, 6) is 0. The van der Waals surface area contributed by atoms with Crippen LogP contribution in [0.2, 0.25) is 0 Å².